The Bertz CT molecular complexity index is 1010. The Morgan fingerprint density at radius 1 is 1.26 bits per heavy atom. The lowest BCUT2D eigenvalue weighted by atomic mass is 9.68. The number of aliphatic hydroxyl groups is 3. The van der Waals surface area contributed by atoms with E-state index in [0.29, 0.717) is 46.8 Å². The smallest absolute Gasteiger partial charge is 0.423 e. The minimum Gasteiger partial charge on any atom is -0.459 e. The third-order valence-corrected chi connectivity index (χ3v) is 6.79. The average Bonchev–Trinajstić information content (AvgIpc) is 3.42. The van der Waals surface area contributed by atoms with Gasteiger partial charge in [-0.3, -0.25) is 9.59 Å². The summed E-state index contributed by atoms with van der Waals surface area (Å²) in [5, 5.41) is 30.6. The summed E-state index contributed by atoms with van der Waals surface area (Å²) in [6.45, 7) is 1.44. The van der Waals surface area contributed by atoms with Gasteiger partial charge in [-0.25, -0.2) is 4.79 Å². The standard InChI is InChI=1S/C25H33NO9/c1-4-14(9-16-6-7-17(11-27)35-16)5-8-20(29)21-15(13-33-2)10-18-22(19(21)12-28)24(31)26(23(18)30)25(32)34-3/h6-7,9,18-20,22,27-29H,4-5,8,10-13H2,1-3H3/b14-9+/t18-,19+,20-,22-/m1/s1. The van der Waals surface area contributed by atoms with E-state index >= 15 is 0 Å². The van der Waals surface area contributed by atoms with Gasteiger partial charge >= 0.3 is 6.09 Å². The Labute approximate surface area is 203 Å². The van der Waals surface area contributed by atoms with Crippen molar-refractivity contribution in [1.29, 1.82) is 0 Å². The first-order valence-electron chi connectivity index (χ1n) is 11.7. The molecule has 1 aliphatic heterocycles. The van der Waals surface area contributed by atoms with Crippen molar-refractivity contribution in [2.75, 3.05) is 27.4 Å². The summed E-state index contributed by atoms with van der Waals surface area (Å²) in [6.07, 6.45) is 1.50. The predicted molar refractivity (Wildman–Crippen MR) is 123 cm³/mol. The van der Waals surface area contributed by atoms with Crippen molar-refractivity contribution in [3.63, 3.8) is 0 Å². The molecule has 0 radical (unpaired) electrons. The highest BCUT2D eigenvalue weighted by molar-refractivity contribution is 6.15. The Morgan fingerprint density at radius 3 is 2.57 bits per heavy atom. The number of hydrogen-bond acceptors (Lipinski definition) is 9. The maximum Gasteiger partial charge on any atom is 0.423 e. The molecule has 1 aromatic rings. The molecule has 0 bridgehead atoms. The molecule has 0 spiro atoms. The SMILES string of the molecule is CC/C(=C\c1ccc(CO)o1)CC[C@@H](O)C1=C(COC)C[C@H]2C(=O)N(C(=O)OC)C(=O)[C@H]2[C@H]1CO. The van der Waals surface area contributed by atoms with E-state index in [9.17, 15) is 29.7 Å². The quantitative estimate of drug-likeness (QED) is 0.330. The maximum absolute atomic E-state index is 13.0. The Balaban J connectivity index is 1.85. The molecule has 192 valence electrons. The van der Waals surface area contributed by atoms with E-state index in [1.165, 1.54) is 7.11 Å². The van der Waals surface area contributed by atoms with Crippen molar-refractivity contribution in [2.24, 2.45) is 17.8 Å². The molecular formula is C25H33NO9. The predicted octanol–water partition coefficient (Wildman–Crippen LogP) is 2.03. The van der Waals surface area contributed by atoms with Gasteiger partial charge in [-0.1, -0.05) is 12.5 Å². The average molecular weight is 492 g/mol. The van der Waals surface area contributed by atoms with E-state index in [1.54, 1.807) is 12.1 Å². The van der Waals surface area contributed by atoms with Crippen LogP contribution < -0.4 is 0 Å². The van der Waals surface area contributed by atoms with Crippen LogP contribution in [0.5, 0.6) is 0 Å². The number of carbonyl (C=O) groups is 3. The summed E-state index contributed by atoms with van der Waals surface area (Å²) < 4.78 is 15.4. The molecule has 10 nitrogen and oxygen atoms in total. The number of imide groups is 3. The van der Waals surface area contributed by atoms with Crippen LogP contribution in [0.1, 0.15) is 44.1 Å². The normalized spacial score (nSPS) is 23.7. The fourth-order valence-corrected chi connectivity index (χ4v) is 5.12. The lowest BCUT2D eigenvalue weighted by Gasteiger charge is -2.36. The number of likely N-dealkylation sites (tertiary alicyclic amines) is 1. The molecule has 4 atom stereocenters. The molecule has 2 heterocycles. The summed E-state index contributed by atoms with van der Waals surface area (Å²) in [5.74, 6) is -2.94. The van der Waals surface area contributed by atoms with Crippen LogP contribution in [0.4, 0.5) is 4.79 Å². The molecule has 1 aliphatic carbocycles. The lowest BCUT2D eigenvalue weighted by molar-refractivity contribution is -0.137. The lowest BCUT2D eigenvalue weighted by Crippen LogP contribution is -2.40. The second-order valence-electron chi connectivity index (χ2n) is 8.77. The molecule has 0 aromatic carbocycles. The van der Waals surface area contributed by atoms with Gasteiger partial charge < -0.3 is 29.2 Å². The second kappa shape index (κ2) is 11.8. The number of furan rings is 1. The third kappa shape index (κ3) is 5.40. The van der Waals surface area contributed by atoms with E-state index in [0.717, 1.165) is 12.7 Å². The molecule has 3 amide bonds. The van der Waals surface area contributed by atoms with Crippen molar-refractivity contribution < 1.29 is 43.6 Å². The van der Waals surface area contributed by atoms with Gasteiger partial charge in [0.1, 0.15) is 18.1 Å². The summed E-state index contributed by atoms with van der Waals surface area (Å²) >= 11 is 0. The fraction of sp³-hybridized carbons (Fsp3) is 0.560. The highest BCUT2D eigenvalue weighted by Gasteiger charge is 2.57. The van der Waals surface area contributed by atoms with E-state index in [2.05, 4.69) is 4.74 Å². The van der Waals surface area contributed by atoms with Crippen LogP contribution in [0.25, 0.3) is 6.08 Å². The van der Waals surface area contributed by atoms with Gasteiger partial charge in [-0.05, 0) is 55.0 Å². The molecule has 1 aromatic heterocycles. The minimum atomic E-state index is -1.05. The third-order valence-electron chi connectivity index (χ3n) is 6.79. The highest BCUT2D eigenvalue weighted by atomic mass is 16.5. The van der Waals surface area contributed by atoms with Crippen molar-refractivity contribution in [2.45, 2.75) is 45.3 Å². The number of ether oxygens (including phenoxy) is 2. The minimum absolute atomic E-state index is 0.124. The number of carbonyl (C=O) groups excluding carboxylic acids is 3. The van der Waals surface area contributed by atoms with Crippen molar-refractivity contribution in [1.82, 2.24) is 4.90 Å². The van der Waals surface area contributed by atoms with Crippen LogP contribution in [0.3, 0.4) is 0 Å². The molecule has 1 fully saturated rings. The number of amides is 3. The molecule has 0 saturated carbocycles. The second-order valence-corrected chi connectivity index (χ2v) is 8.77. The molecule has 0 unspecified atom stereocenters. The topological polar surface area (TPSA) is 147 Å². The molecule has 35 heavy (non-hydrogen) atoms. The monoisotopic (exact) mass is 491 g/mol. The van der Waals surface area contributed by atoms with E-state index in [-0.39, 0.29) is 19.6 Å². The number of methoxy groups -OCH3 is 2. The summed E-state index contributed by atoms with van der Waals surface area (Å²) in [5.41, 5.74) is 2.14. The van der Waals surface area contributed by atoms with Crippen molar-refractivity contribution in [3.8, 4) is 0 Å². The van der Waals surface area contributed by atoms with Crippen LogP contribution in [-0.4, -0.2) is 71.7 Å². The Kier molecular flexibility index (Phi) is 9.01. The number of fused-ring (bicyclic) bond motifs is 1. The number of rotatable bonds is 10. The van der Waals surface area contributed by atoms with Crippen molar-refractivity contribution >= 4 is 24.0 Å². The van der Waals surface area contributed by atoms with Crippen LogP contribution in [0, 0.1) is 17.8 Å². The summed E-state index contributed by atoms with van der Waals surface area (Å²) in [7, 11) is 2.58. The van der Waals surface area contributed by atoms with Gasteiger partial charge in [0.15, 0.2) is 0 Å². The number of nitrogens with zero attached hydrogens (tertiary/aromatic N) is 1. The van der Waals surface area contributed by atoms with Gasteiger partial charge in [0.05, 0.1) is 38.3 Å². The first-order chi connectivity index (χ1) is 16.8. The molecule has 3 N–H and O–H groups in total. The van der Waals surface area contributed by atoms with Crippen LogP contribution >= 0.6 is 0 Å². The number of allylic oxidation sites excluding steroid dienone is 1. The highest BCUT2D eigenvalue weighted by Crippen LogP contribution is 2.46. The molecule has 10 heteroatoms. The van der Waals surface area contributed by atoms with Gasteiger partial charge in [0.2, 0.25) is 11.8 Å². The van der Waals surface area contributed by atoms with E-state index < -0.39 is 48.4 Å². The summed E-state index contributed by atoms with van der Waals surface area (Å²) in [4.78, 5) is 38.4. The Morgan fingerprint density at radius 2 is 2.00 bits per heavy atom. The van der Waals surface area contributed by atoms with Crippen molar-refractivity contribution in [3.05, 3.63) is 40.4 Å². The van der Waals surface area contributed by atoms with Crippen LogP contribution in [-0.2, 0) is 25.7 Å². The van der Waals surface area contributed by atoms with E-state index in [4.69, 9.17) is 9.15 Å². The van der Waals surface area contributed by atoms with Gasteiger partial charge in [0.25, 0.3) is 0 Å². The van der Waals surface area contributed by atoms with Gasteiger partial charge in [-0.2, -0.15) is 4.90 Å². The van der Waals surface area contributed by atoms with Gasteiger partial charge in [-0.15, -0.1) is 0 Å². The summed E-state index contributed by atoms with van der Waals surface area (Å²) in [6, 6.07) is 3.45. The molecule has 2 aliphatic rings. The maximum atomic E-state index is 13.0. The number of hydrogen-bond donors (Lipinski definition) is 3. The zero-order chi connectivity index (χ0) is 25.7. The van der Waals surface area contributed by atoms with Crippen LogP contribution in [0.15, 0.2) is 33.3 Å². The first-order valence-corrected chi connectivity index (χ1v) is 11.7. The number of aliphatic hydroxyl groups excluding tert-OH is 3. The molecular weight excluding hydrogens is 458 g/mol. The zero-order valence-corrected chi connectivity index (χ0v) is 20.2. The Hall–Kier alpha value is -2.79. The molecule has 1 saturated heterocycles. The molecule has 3 rings (SSSR count). The fourth-order valence-electron chi connectivity index (χ4n) is 5.12. The van der Waals surface area contributed by atoms with Crippen LogP contribution in [0.2, 0.25) is 0 Å². The largest absolute Gasteiger partial charge is 0.459 e. The zero-order valence-electron chi connectivity index (χ0n) is 20.2. The van der Waals surface area contributed by atoms with Gasteiger partial charge in [0, 0.05) is 13.0 Å². The van der Waals surface area contributed by atoms with E-state index in [1.807, 2.05) is 13.0 Å². The first kappa shape index (κ1) is 26.8.